The Labute approximate surface area is 118 Å². The zero-order valence-electron chi connectivity index (χ0n) is 12.9. The summed E-state index contributed by atoms with van der Waals surface area (Å²) in [6.07, 6.45) is 5.19. The van der Waals surface area contributed by atoms with E-state index in [1.165, 1.54) is 36.8 Å². The van der Waals surface area contributed by atoms with Crippen molar-refractivity contribution in [2.45, 2.75) is 64.7 Å². The molecule has 1 heteroatoms. The van der Waals surface area contributed by atoms with Gasteiger partial charge >= 0.3 is 0 Å². The van der Waals surface area contributed by atoms with E-state index in [-0.39, 0.29) is 12.0 Å². The Bertz CT molecular complexity index is 421. The number of hydrogen-bond acceptors (Lipinski definition) is 1. The van der Waals surface area contributed by atoms with Gasteiger partial charge in [0.15, 0.2) is 0 Å². The van der Waals surface area contributed by atoms with Gasteiger partial charge in [0.25, 0.3) is 0 Å². The van der Waals surface area contributed by atoms with Gasteiger partial charge in [-0.1, -0.05) is 52.0 Å². The van der Waals surface area contributed by atoms with Crippen molar-refractivity contribution in [3.63, 3.8) is 0 Å². The predicted molar refractivity (Wildman–Crippen MR) is 81.5 cm³/mol. The molecule has 106 valence electrons. The fraction of sp³-hybridized carbons (Fsp3) is 0.667. The first kappa shape index (κ1) is 14.6. The summed E-state index contributed by atoms with van der Waals surface area (Å²) in [4.78, 5) is 0. The molecular formula is C18H28O. The Balaban J connectivity index is 2.26. The molecule has 1 aliphatic carbocycles. The average molecular weight is 260 g/mol. The highest BCUT2D eigenvalue weighted by Gasteiger charge is 2.31. The molecular weight excluding hydrogens is 232 g/mol. The number of aliphatic hydroxyl groups excluding tert-OH is 1. The van der Waals surface area contributed by atoms with Gasteiger partial charge < -0.3 is 5.11 Å². The maximum atomic E-state index is 9.65. The Morgan fingerprint density at radius 2 is 1.74 bits per heavy atom. The van der Waals surface area contributed by atoms with Crippen LogP contribution in [0.4, 0.5) is 0 Å². The van der Waals surface area contributed by atoms with Crippen LogP contribution in [0.15, 0.2) is 24.3 Å². The van der Waals surface area contributed by atoms with Crippen LogP contribution in [0, 0.1) is 5.41 Å². The summed E-state index contributed by atoms with van der Waals surface area (Å²) < 4.78 is 0. The van der Waals surface area contributed by atoms with Crippen LogP contribution >= 0.6 is 0 Å². The van der Waals surface area contributed by atoms with Crippen LogP contribution in [0.5, 0.6) is 0 Å². The van der Waals surface area contributed by atoms with E-state index < -0.39 is 0 Å². The molecule has 0 unspecified atom stereocenters. The normalized spacial score (nSPS) is 20.5. The Morgan fingerprint density at radius 1 is 1.16 bits per heavy atom. The summed E-state index contributed by atoms with van der Waals surface area (Å²) in [5.74, 6) is 0.676. The molecule has 0 saturated heterocycles. The monoisotopic (exact) mass is 260 g/mol. The molecule has 0 bridgehead atoms. The molecule has 0 spiro atoms. The van der Waals surface area contributed by atoms with Gasteiger partial charge in [0.2, 0.25) is 0 Å². The molecule has 19 heavy (non-hydrogen) atoms. The lowest BCUT2D eigenvalue weighted by atomic mass is 9.69. The third kappa shape index (κ3) is 3.20. The molecule has 1 aromatic rings. The van der Waals surface area contributed by atoms with Crippen LogP contribution in [-0.2, 0) is 5.41 Å². The van der Waals surface area contributed by atoms with Gasteiger partial charge in [0.05, 0.1) is 6.61 Å². The van der Waals surface area contributed by atoms with Crippen molar-refractivity contribution in [2.24, 2.45) is 5.41 Å². The smallest absolute Gasteiger partial charge is 0.0522 e. The minimum atomic E-state index is -0.135. The SMILES string of the molecule is CC1(C)CCC(c2ccccc2C(C)(C)CO)CC1. The van der Waals surface area contributed by atoms with E-state index in [0.29, 0.717) is 11.3 Å². The molecule has 2 rings (SSSR count). The van der Waals surface area contributed by atoms with E-state index in [2.05, 4.69) is 52.0 Å². The van der Waals surface area contributed by atoms with Crippen molar-refractivity contribution in [1.82, 2.24) is 0 Å². The lowest BCUT2D eigenvalue weighted by Gasteiger charge is -2.37. The summed E-state index contributed by atoms with van der Waals surface area (Å²) in [5, 5.41) is 9.65. The van der Waals surface area contributed by atoms with Crippen LogP contribution in [0.25, 0.3) is 0 Å². The highest BCUT2D eigenvalue weighted by Crippen LogP contribution is 2.44. The van der Waals surface area contributed by atoms with Crippen molar-refractivity contribution < 1.29 is 5.11 Å². The van der Waals surface area contributed by atoms with Gasteiger partial charge in [-0.15, -0.1) is 0 Å². The fourth-order valence-corrected chi connectivity index (χ4v) is 3.26. The molecule has 0 atom stereocenters. The van der Waals surface area contributed by atoms with Crippen molar-refractivity contribution in [3.05, 3.63) is 35.4 Å². The van der Waals surface area contributed by atoms with E-state index in [4.69, 9.17) is 0 Å². The second kappa shape index (κ2) is 5.28. The number of hydrogen-bond donors (Lipinski definition) is 1. The molecule has 1 fully saturated rings. The minimum Gasteiger partial charge on any atom is -0.395 e. The number of rotatable bonds is 3. The zero-order valence-corrected chi connectivity index (χ0v) is 12.9. The summed E-state index contributed by atoms with van der Waals surface area (Å²) in [7, 11) is 0. The van der Waals surface area contributed by atoms with Gasteiger partial charge in [0.1, 0.15) is 0 Å². The van der Waals surface area contributed by atoms with Gasteiger partial charge in [-0.05, 0) is 48.1 Å². The van der Waals surface area contributed by atoms with Crippen LogP contribution in [0.2, 0.25) is 0 Å². The van der Waals surface area contributed by atoms with Gasteiger partial charge in [0, 0.05) is 5.41 Å². The molecule has 0 amide bonds. The lowest BCUT2D eigenvalue weighted by molar-refractivity contribution is 0.209. The van der Waals surface area contributed by atoms with Crippen LogP contribution in [0.3, 0.4) is 0 Å². The predicted octanol–water partition coefficient (Wildman–Crippen LogP) is 4.64. The van der Waals surface area contributed by atoms with E-state index in [1.807, 2.05) is 0 Å². The molecule has 0 aliphatic heterocycles. The molecule has 1 saturated carbocycles. The summed E-state index contributed by atoms with van der Waals surface area (Å²) in [6.45, 7) is 9.25. The first-order chi connectivity index (χ1) is 8.86. The summed E-state index contributed by atoms with van der Waals surface area (Å²) >= 11 is 0. The summed E-state index contributed by atoms with van der Waals surface area (Å²) in [5.41, 5.74) is 3.18. The lowest BCUT2D eigenvalue weighted by Crippen LogP contribution is -2.26. The van der Waals surface area contributed by atoms with E-state index >= 15 is 0 Å². The fourth-order valence-electron chi connectivity index (χ4n) is 3.26. The largest absolute Gasteiger partial charge is 0.395 e. The highest BCUT2D eigenvalue weighted by atomic mass is 16.3. The third-order valence-corrected chi connectivity index (χ3v) is 4.86. The maximum Gasteiger partial charge on any atom is 0.0522 e. The van der Waals surface area contributed by atoms with E-state index in [0.717, 1.165) is 0 Å². The van der Waals surface area contributed by atoms with Crippen LogP contribution in [0.1, 0.15) is 70.4 Å². The molecule has 0 radical (unpaired) electrons. The molecule has 1 aliphatic rings. The van der Waals surface area contributed by atoms with Gasteiger partial charge in [-0.3, -0.25) is 0 Å². The number of aliphatic hydroxyl groups is 1. The highest BCUT2D eigenvalue weighted by molar-refractivity contribution is 5.36. The minimum absolute atomic E-state index is 0.135. The Hall–Kier alpha value is -0.820. The standard InChI is InChI=1S/C18H28O/c1-17(2)11-9-14(10-12-17)15-7-5-6-8-16(15)18(3,4)13-19/h5-8,14,19H,9-13H2,1-4H3. The Kier molecular flexibility index (Phi) is 4.06. The second-order valence-corrected chi connectivity index (χ2v) is 7.57. The molecule has 1 aromatic carbocycles. The van der Waals surface area contributed by atoms with Crippen molar-refractivity contribution in [3.8, 4) is 0 Å². The molecule has 1 nitrogen and oxygen atoms in total. The van der Waals surface area contributed by atoms with Crippen molar-refractivity contribution in [1.29, 1.82) is 0 Å². The quantitative estimate of drug-likeness (QED) is 0.839. The van der Waals surface area contributed by atoms with Gasteiger partial charge in [-0.2, -0.15) is 0 Å². The second-order valence-electron chi connectivity index (χ2n) is 7.57. The molecule has 0 heterocycles. The third-order valence-electron chi connectivity index (χ3n) is 4.86. The zero-order chi connectivity index (χ0) is 14.1. The Morgan fingerprint density at radius 3 is 2.32 bits per heavy atom. The van der Waals surface area contributed by atoms with Crippen molar-refractivity contribution in [2.75, 3.05) is 6.61 Å². The summed E-state index contributed by atoms with van der Waals surface area (Å²) in [6, 6.07) is 8.72. The average Bonchev–Trinajstić information content (AvgIpc) is 2.39. The number of benzene rings is 1. The van der Waals surface area contributed by atoms with E-state index in [9.17, 15) is 5.11 Å². The first-order valence-electron chi connectivity index (χ1n) is 7.56. The first-order valence-corrected chi connectivity index (χ1v) is 7.56. The van der Waals surface area contributed by atoms with Gasteiger partial charge in [-0.25, -0.2) is 0 Å². The maximum absolute atomic E-state index is 9.65. The molecule has 1 N–H and O–H groups in total. The molecule has 0 aromatic heterocycles. The van der Waals surface area contributed by atoms with Crippen molar-refractivity contribution >= 4 is 0 Å². The van der Waals surface area contributed by atoms with Crippen LogP contribution in [-0.4, -0.2) is 11.7 Å². The van der Waals surface area contributed by atoms with Crippen LogP contribution < -0.4 is 0 Å². The topological polar surface area (TPSA) is 20.2 Å². The van der Waals surface area contributed by atoms with E-state index in [1.54, 1.807) is 0 Å².